The van der Waals surface area contributed by atoms with E-state index in [4.69, 9.17) is 14.4 Å². The van der Waals surface area contributed by atoms with Crippen molar-refractivity contribution in [2.45, 2.75) is 95.3 Å². The van der Waals surface area contributed by atoms with Gasteiger partial charge in [-0.2, -0.15) is 10.2 Å². The number of aliphatic hydroxyl groups excluding tert-OH is 1. The van der Waals surface area contributed by atoms with E-state index in [1.54, 1.807) is 58.0 Å². The Hall–Kier alpha value is -6.59. The molecule has 2 fully saturated rings. The number of aryl methyl sites for hydroxylation is 1. The van der Waals surface area contributed by atoms with Crippen molar-refractivity contribution in [2.24, 2.45) is 7.05 Å². The van der Waals surface area contributed by atoms with Gasteiger partial charge in [0.05, 0.1) is 46.2 Å². The number of aliphatic hydroxyl groups is 1. The highest BCUT2D eigenvalue weighted by Gasteiger charge is 2.53. The molecule has 7 heterocycles. The number of aromatic amines is 1. The fourth-order valence-electron chi connectivity index (χ4n) is 10.4. The molecule has 0 spiro atoms. The lowest BCUT2D eigenvalue weighted by Gasteiger charge is -2.36. The molecule has 1 aliphatic carbocycles. The highest BCUT2D eigenvalue weighted by atomic mass is 19.1. The Kier molecular flexibility index (Phi) is 9.09. The number of rotatable bonds is 8. The summed E-state index contributed by atoms with van der Waals surface area (Å²) >= 11 is 0. The quantitative estimate of drug-likeness (QED) is 0.159. The summed E-state index contributed by atoms with van der Waals surface area (Å²) in [6.07, 6.45) is 6.79. The topological polar surface area (TPSA) is 156 Å². The van der Waals surface area contributed by atoms with E-state index in [1.165, 1.54) is 28.8 Å². The lowest BCUT2D eigenvalue weighted by atomic mass is 9.83. The SMILES string of the molecule is C[C@H]1c2c(nn([C@@H](C)c3ccc(F)cc3)c2N2C=CN(c3ccc4c(cnn4C)c3F)C2O)CCN1C(=O)c1cc2cc([C@H]3CCOC(C)(C)C3)ccc2n1C1(c2noc(=O)[nH]2)CC1. The van der Waals surface area contributed by atoms with Crippen LogP contribution >= 0.6 is 0 Å². The molecule has 4 aromatic heterocycles. The smallest absolute Gasteiger partial charge is 0.376 e. The first-order valence-corrected chi connectivity index (χ1v) is 21.8. The molecule has 17 heteroatoms. The van der Waals surface area contributed by atoms with Crippen molar-refractivity contribution in [3.05, 3.63) is 135 Å². The number of anilines is 2. The average molecular weight is 871 g/mol. The maximum atomic E-state index is 16.1. The zero-order valence-electron chi connectivity index (χ0n) is 36.1. The maximum Gasteiger partial charge on any atom is 0.438 e. The number of nitrogens with one attached hydrogen (secondary N) is 1. The summed E-state index contributed by atoms with van der Waals surface area (Å²) in [7, 11) is 1.74. The third kappa shape index (κ3) is 6.22. The number of carbonyl (C=O) groups excluding carboxylic acids is 1. The van der Waals surface area contributed by atoms with Crippen molar-refractivity contribution in [1.82, 2.24) is 39.2 Å². The van der Waals surface area contributed by atoms with E-state index in [1.807, 2.05) is 29.4 Å². The van der Waals surface area contributed by atoms with Gasteiger partial charge in [-0.25, -0.2) is 18.3 Å². The molecule has 3 aromatic carbocycles. The largest absolute Gasteiger partial charge is 0.438 e. The van der Waals surface area contributed by atoms with Crippen LogP contribution in [-0.2, 0) is 23.7 Å². The zero-order valence-corrected chi connectivity index (χ0v) is 36.1. The van der Waals surface area contributed by atoms with Crippen molar-refractivity contribution < 1.29 is 27.9 Å². The number of aromatic nitrogens is 7. The zero-order chi connectivity index (χ0) is 44.4. The van der Waals surface area contributed by atoms with E-state index >= 15 is 9.18 Å². The van der Waals surface area contributed by atoms with Gasteiger partial charge >= 0.3 is 5.76 Å². The van der Waals surface area contributed by atoms with Crippen LogP contribution in [0, 0.1) is 11.6 Å². The number of hydrogen-bond donors (Lipinski definition) is 2. The number of hydrogen-bond acceptors (Lipinski definition) is 10. The van der Waals surface area contributed by atoms with Crippen LogP contribution in [0.4, 0.5) is 20.3 Å². The highest BCUT2D eigenvalue weighted by molar-refractivity contribution is 6.00. The highest BCUT2D eigenvalue weighted by Crippen LogP contribution is 2.52. The summed E-state index contributed by atoms with van der Waals surface area (Å²) in [6.45, 7) is 9.13. The molecule has 7 aromatic rings. The summed E-state index contributed by atoms with van der Waals surface area (Å²) in [5, 5.41) is 26.9. The first-order chi connectivity index (χ1) is 30.7. The van der Waals surface area contributed by atoms with Gasteiger partial charge in [0.2, 0.25) is 6.35 Å². The molecule has 0 bridgehead atoms. The Labute approximate surface area is 366 Å². The molecule has 1 amide bonds. The minimum Gasteiger partial charge on any atom is -0.376 e. The van der Waals surface area contributed by atoms with Crippen molar-refractivity contribution in [1.29, 1.82) is 0 Å². The summed E-state index contributed by atoms with van der Waals surface area (Å²) in [4.78, 5) is 35.5. The monoisotopic (exact) mass is 870 g/mol. The Morgan fingerprint density at radius 2 is 1.78 bits per heavy atom. The first kappa shape index (κ1) is 40.2. The van der Waals surface area contributed by atoms with Gasteiger partial charge in [0.15, 0.2) is 11.6 Å². The molecule has 11 rings (SSSR count). The van der Waals surface area contributed by atoms with Crippen LogP contribution in [0.25, 0.3) is 21.8 Å². The second kappa shape index (κ2) is 14.5. The van der Waals surface area contributed by atoms with Crippen molar-refractivity contribution in [2.75, 3.05) is 23.0 Å². The number of carbonyl (C=O) groups is 1. The minimum absolute atomic E-state index is 0.155. The molecule has 3 aliphatic heterocycles. The van der Waals surface area contributed by atoms with Gasteiger partial charge in [-0.05, 0) is 113 Å². The van der Waals surface area contributed by atoms with Crippen LogP contribution in [0.2, 0.25) is 0 Å². The van der Waals surface area contributed by atoms with Gasteiger partial charge in [-0.15, -0.1) is 0 Å². The van der Waals surface area contributed by atoms with Crippen molar-refractivity contribution >= 4 is 39.2 Å². The van der Waals surface area contributed by atoms with E-state index < -0.39 is 35.5 Å². The second-order valence-corrected chi connectivity index (χ2v) is 18.3. The third-order valence-corrected chi connectivity index (χ3v) is 14.0. The normalized spacial score (nSPS) is 21.9. The molecular formula is C47H48F2N10O5. The summed E-state index contributed by atoms with van der Waals surface area (Å²) in [5.41, 5.74) is 4.41. The van der Waals surface area contributed by atoms with E-state index in [-0.39, 0.29) is 28.9 Å². The summed E-state index contributed by atoms with van der Waals surface area (Å²) < 4.78 is 46.8. The predicted octanol–water partition coefficient (Wildman–Crippen LogP) is 7.33. The fraction of sp³-hybridized carbons (Fsp3) is 0.383. The van der Waals surface area contributed by atoms with Gasteiger partial charge < -0.3 is 24.2 Å². The van der Waals surface area contributed by atoms with E-state index in [2.05, 4.69) is 47.3 Å². The van der Waals surface area contributed by atoms with Gasteiger partial charge in [-0.1, -0.05) is 23.4 Å². The molecule has 2 N–H and O–H groups in total. The number of H-pyrrole nitrogens is 1. The molecule has 4 atom stereocenters. The molecule has 330 valence electrons. The molecule has 1 saturated heterocycles. The number of halogens is 2. The van der Waals surface area contributed by atoms with Crippen LogP contribution in [0.15, 0.2) is 88.6 Å². The fourth-order valence-corrected chi connectivity index (χ4v) is 10.4. The minimum atomic E-state index is -1.40. The predicted molar refractivity (Wildman–Crippen MR) is 234 cm³/mol. The Morgan fingerprint density at radius 1 is 1.02 bits per heavy atom. The van der Waals surface area contributed by atoms with Crippen LogP contribution < -0.4 is 15.6 Å². The number of nitrogens with zero attached hydrogens (tertiary/aromatic N) is 9. The number of amides is 1. The second-order valence-electron chi connectivity index (χ2n) is 18.3. The van der Waals surface area contributed by atoms with Crippen LogP contribution in [-0.4, -0.2) is 75.3 Å². The van der Waals surface area contributed by atoms with Crippen molar-refractivity contribution in [3.63, 3.8) is 0 Å². The number of benzene rings is 3. The Bertz CT molecular complexity index is 3080. The molecule has 0 radical (unpaired) electrons. The standard InChI is InChI=1S/C47H48F2N10O5/c1-26(28-6-9-32(48)10-7-28)59-41(57-20-19-56(45(57)62)37-13-12-36-33(40(37)49)25-50-54(36)5)39-27(2)55(18-14-34(39)52-59)42(60)38-23-31-22-29(30-15-21-63-46(3,4)24-30)8-11-35(31)58(38)47(16-17-47)43-51-44(61)64-53-43/h6-13,19-20,22-23,25-27,30,45,62H,14-18,21,24H2,1-5H3,(H,51,53,61)/t26-,27-,30-,45?/m0/s1. The molecule has 1 unspecified atom stereocenters. The van der Waals surface area contributed by atoms with Gasteiger partial charge in [0.1, 0.15) is 22.9 Å². The number of fused-ring (bicyclic) bond motifs is 3. The van der Waals surface area contributed by atoms with Crippen LogP contribution in [0.1, 0.15) is 110 Å². The van der Waals surface area contributed by atoms with Crippen LogP contribution in [0.5, 0.6) is 0 Å². The lowest BCUT2D eigenvalue weighted by Crippen LogP contribution is -2.43. The first-order valence-electron chi connectivity index (χ1n) is 21.8. The molecule has 4 aliphatic rings. The van der Waals surface area contributed by atoms with E-state index in [0.717, 1.165) is 40.6 Å². The van der Waals surface area contributed by atoms with E-state index in [0.29, 0.717) is 60.7 Å². The summed E-state index contributed by atoms with van der Waals surface area (Å²) in [6, 6.07) is 16.9. The molecule has 15 nitrogen and oxygen atoms in total. The maximum absolute atomic E-state index is 16.1. The molecule has 1 saturated carbocycles. The lowest BCUT2D eigenvalue weighted by molar-refractivity contribution is -0.0592. The molecular weight excluding hydrogens is 823 g/mol. The van der Waals surface area contributed by atoms with Gasteiger partial charge in [0, 0.05) is 55.5 Å². The van der Waals surface area contributed by atoms with Crippen LogP contribution in [0.3, 0.4) is 0 Å². The van der Waals surface area contributed by atoms with Gasteiger partial charge in [-0.3, -0.25) is 23.9 Å². The Balaban J connectivity index is 1.01. The molecule has 64 heavy (non-hydrogen) atoms. The third-order valence-electron chi connectivity index (χ3n) is 14.0. The number of ether oxygens (including phenoxy) is 1. The van der Waals surface area contributed by atoms with Gasteiger partial charge in [0.25, 0.3) is 5.91 Å². The summed E-state index contributed by atoms with van der Waals surface area (Å²) in [5.74, 6) is -0.631. The average Bonchev–Trinajstić information content (AvgIpc) is 3.73. The Morgan fingerprint density at radius 3 is 2.52 bits per heavy atom. The van der Waals surface area contributed by atoms with Crippen molar-refractivity contribution in [3.8, 4) is 0 Å². The van der Waals surface area contributed by atoms with E-state index in [9.17, 15) is 14.3 Å².